The van der Waals surface area contributed by atoms with Gasteiger partial charge in [0, 0.05) is 5.39 Å². The highest BCUT2D eigenvalue weighted by molar-refractivity contribution is 5.80. The van der Waals surface area contributed by atoms with Gasteiger partial charge >= 0.3 is 0 Å². The van der Waals surface area contributed by atoms with Gasteiger partial charge in [-0.05, 0) is 24.6 Å². The summed E-state index contributed by atoms with van der Waals surface area (Å²) in [6, 6.07) is 7.46. The Morgan fingerprint density at radius 2 is 2.08 bits per heavy atom. The van der Waals surface area contributed by atoms with E-state index in [1.165, 1.54) is 6.20 Å². The lowest BCUT2D eigenvalue weighted by Gasteiger charge is -1.97. The molecule has 0 aliphatic heterocycles. The van der Waals surface area contributed by atoms with E-state index >= 15 is 0 Å². The first-order chi connectivity index (χ1) is 5.75. The van der Waals surface area contributed by atoms with Crippen LogP contribution in [0.25, 0.3) is 10.9 Å². The number of hydrogen-bond acceptors (Lipinski definition) is 1. The molecule has 0 aliphatic rings. The molecule has 1 heterocycles. The van der Waals surface area contributed by atoms with Gasteiger partial charge in [-0.25, -0.2) is 0 Å². The summed E-state index contributed by atoms with van der Waals surface area (Å²) in [6.45, 7) is 2.01. The fourth-order valence-corrected chi connectivity index (χ4v) is 1.21. The van der Waals surface area contributed by atoms with Crippen molar-refractivity contribution < 1.29 is 5.11 Å². The first-order valence-electron chi connectivity index (χ1n) is 3.79. The van der Waals surface area contributed by atoms with E-state index in [9.17, 15) is 5.11 Å². The van der Waals surface area contributed by atoms with Crippen LogP contribution in [0.1, 0.15) is 5.56 Å². The molecular formula is C10H8NO. The molecule has 59 valence electrons. The van der Waals surface area contributed by atoms with E-state index in [2.05, 4.69) is 4.98 Å². The summed E-state index contributed by atoms with van der Waals surface area (Å²) >= 11 is 0. The van der Waals surface area contributed by atoms with Crippen LogP contribution in [0.3, 0.4) is 0 Å². The van der Waals surface area contributed by atoms with Crippen molar-refractivity contribution in [1.29, 1.82) is 0 Å². The Balaban J connectivity index is 2.79. The van der Waals surface area contributed by atoms with Gasteiger partial charge in [0.05, 0.1) is 11.7 Å². The molecular weight excluding hydrogens is 150 g/mol. The van der Waals surface area contributed by atoms with Crippen molar-refractivity contribution in [2.75, 3.05) is 0 Å². The number of hydrogen-bond donors (Lipinski definition) is 0. The molecule has 0 N–H and O–H groups in total. The molecule has 0 amide bonds. The largest absolute Gasteiger partial charge is 0.288 e. The quantitative estimate of drug-likeness (QED) is 0.580. The topological polar surface area (TPSA) is 32.8 Å². The van der Waals surface area contributed by atoms with E-state index in [4.69, 9.17) is 0 Å². The standard InChI is InChI=1S/C10H8NO/c1-7-2-3-8-5-9(12)6-11-10(8)4-7/h2-6H,1H3. The first kappa shape index (κ1) is 7.10. The summed E-state index contributed by atoms with van der Waals surface area (Å²) in [6.07, 6.45) is 1.35. The van der Waals surface area contributed by atoms with Crippen LogP contribution in [0, 0.1) is 6.92 Å². The number of nitrogens with zero attached hydrogens (tertiary/aromatic N) is 1. The Morgan fingerprint density at radius 3 is 2.92 bits per heavy atom. The van der Waals surface area contributed by atoms with Crippen molar-refractivity contribution in [3.63, 3.8) is 0 Å². The van der Waals surface area contributed by atoms with Crippen molar-refractivity contribution in [3.05, 3.63) is 36.0 Å². The van der Waals surface area contributed by atoms with Gasteiger partial charge in [0.1, 0.15) is 0 Å². The van der Waals surface area contributed by atoms with Gasteiger partial charge < -0.3 is 0 Å². The number of aromatic nitrogens is 1. The van der Waals surface area contributed by atoms with Crippen LogP contribution in [0.15, 0.2) is 30.5 Å². The molecule has 0 aliphatic carbocycles. The minimum absolute atomic E-state index is 0.0358. The van der Waals surface area contributed by atoms with E-state index < -0.39 is 0 Å². The normalized spacial score (nSPS) is 10.4. The maximum atomic E-state index is 10.9. The average molecular weight is 158 g/mol. The lowest BCUT2D eigenvalue weighted by atomic mass is 10.1. The Labute approximate surface area is 70.5 Å². The maximum Gasteiger partial charge on any atom is 0.197 e. The summed E-state index contributed by atoms with van der Waals surface area (Å²) in [5, 5.41) is 11.8. The molecule has 2 aromatic rings. The third kappa shape index (κ3) is 1.11. The molecule has 0 unspecified atom stereocenters. The molecule has 0 saturated carbocycles. The van der Waals surface area contributed by atoms with Crippen LogP contribution in [0.2, 0.25) is 0 Å². The van der Waals surface area contributed by atoms with E-state index in [1.807, 2.05) is 25.1 Å². The number of aryl methyl sites for hydroxylation is 1. The Hall–Kier alpha value is -1.57. The van der Waals surface area contributed by atoms with E-state index in [0.717, 1.165) is 16.5 Å². The number of pyridine rings is 1. The second-order valence-corrected chi connectivity index (χ2v) is 2.87. The molecule has 2 rings (SSSR count). The molecule has 1 aromatic carbocycles. The molecule has 0 bridgehead atoms. The molecule has 0 fully saturated rings. The molecule has 0 atom stereocenters. The SMILES string of the molecule is Cc1ccc2cc([O])cnc2c1. The summed E-state index contributed by atoms with van der Waals surface area (Å²) in [5.74, 6) is -0.0358. The van der Waals surface area contributed by atoms with Crippen LogP contribution in [0.4, 0.5) is 0 Å². The third-order valence-corrected chi connectivity index (χ3v) is 1.81. The molecule has 1 radical (unpaired) electrons. The highest BCUT2D eigenvalue weighted by atomic mass is 16.3. The van der Waals surface area contributed by atoms with Crippen molar-refractivity contribution in [1.82, 2.24) is 4.98 Å². The van der Waals surface area contributed by atoms with E-state index in [0.29, 0.717) is 0 Å². The van der Waals surface area contributed by atoms with Crippen molar-refractivity contribution in [2.45, 2.75) is 6.92 Å². The number of benzene rings is 1. The lowest BCUT2D eigenvalue weighted by molar-refractivity contribution is 0.354. The number of fused-ring (bicyclic) bond motifs is 1. The van der Waals surface area contributed by atoms with Gasteiger partial charge in [-0.3, -0.25) is 10.1 Å². The van der Waals surface area contributed by atoms with Crippen LogP contribution in [0.5, 0.6) is 5.75 Å². The molecule has 2 nitrogen and oxygen atoms in total. The van der Waals surface area contributed by atoms with Gasteiger partial charge in [0.15, 0.2) is 5.75 Å². The smallest absolute Gasteiger partial charge is 0.197 e. The minimum Gasteiger partial charge on any atom is -0.288 e. The Morgan fingerprint density at radius 1 is 1.25 bits per heavy atom. The summed E-state index contributed by atoms with van der Waals surface area (Å²) in [5.41, 5.74) is 2.04. The molecule has 0 spiro atoms. The van der Waals surface area contributed by atoms with Crippen molar-refractivity contribution in [2.24, 2.45) is 0 Å². The average Bonchev–Trinajstić information content (AvgIpc) is 2.05. The lowest BCUT2D eigenvalue weighted by Crippen LogP contribution is -1.78. The fraction of sp³-hybridized carbons (Fsp3) is 0.100. The fourth-order valence-electron chi connectivity index (χ4n) is 1.21. The predicted molar refractivity (Wildman–Crippen MR) is 46.6 cm³/mol. The molecule has 1 aromatic heterocycles. The van der Waals surface area contributed by atoms with Crippen LogP contribution in [-0.4, -0.2) is 4.98 Å². The van der Waals surface area contributed by atoms with Crippen LogP contribution < -0.4 is 0 Å². The molecule has 12 heavy (non-hydrogen) atoms. The van der Waals surface area contributed by atoms with Crippen LogP contribution in [-0.2, 0) is 5.11 Å². The number of rotatable bonds is 0. The third-order valence-electron chi connectivity index (χ3n) is 1.81. The monoisotopic (exact) mass is 158 g/mol. The summed E-state index contributed by atoms with van der Waals surface area (Å²) in [4.78, 5) is 4.03. The predicted octanol–water partition coefficient (Wildman–Crippen LogP) is 2.69. The zero-order valence-electron chi connectivity index (χ0n) is 6.74. The Kier molecular flexibility index (Phi) is 1.47. The zero-order chi connectivity index (χ0) is 8.55. The highest BCUT2D eigenvalue weighted by Crippen LogP contribution is 2.18. The second kappa shape index (κ2) is 2.48. The second-order valence-electron chi connectivity index (χ2n) is 2.87. The minimum atomic E-state index is -0.0358. The zero-order valence-corrected chi connectivity index (χ0v) is 6.74. The van der Waals surface area contributed by atoms with Crippen LogP contribution >= 0.6 is 0 Å². The first-order valence-corrected chi connectivity index (χ1v) is 3.79. The van der Waals surface area contributed by atoms with Gasteiger partial charge in [-0.15, -0.1) is 0 Å². The molecule has 2 heteroatoms. The van der Waals surface area contributed by atoms with Gasteiger partial charge in [-0.2, -0.15) is 0 Å². The van der Waals surface area contributed by atoms with E-state index in [1.54, 1.807) is 6.07 Å². The molecule has 0 saturated heterocycles. The van der Waals surface area contributed by atoms with Crippen molar-refractivity contribution in [3.8, 4) is 5.75 Å². The summed E-state index contributed by atoms with van der Waals surface area (Å²) in [7, 11) is 0. The van der Waals surface area contributed by atoms with Crippen molar-refractivity contribution >= 4 is 10.9 Å². The maximum absolute atomic E-state index is 10.9. The van der Waals surface area contributed by atoms with Gasteiger partial charge in [0.2, 0.25) is 0 Å². The highest BCUT2D eigenvalue weighted by Gasteiger charge is 1.96. The van der Waals surface area contributed by atoms with E-state index in [-0.39, 0.29) is 5.75 Å². The van der Waals surface area contributed by atoms with Gasteiger partial charge in [0.25, 0.3) is 0 Å². The summed E-state index contributed by atoms with van der Waals surface area (Å²) < 4.78 is 0. The Bertz CT molecular complexity index is 382. The van der Waals surface area contributed by atoms with Gasteiger partial charge in [-0.1, -0.05) is 12.1 Å².